The molecule has 1 fully saturated rings. The van der Waals surface area contributed by atoms with Crippen LogP contribution in [-0.2, 0) is 26.6 Å². The van der Waals surface area contributed by atoms with Crippen LogP contribution in [-0.4, -0.2) is 28.7 Å². The van der Waals surface area contributed by atoms with Gasteiger partial charge in [-0.3, -0.25) is 0 Å². The zero-order valence-corrected chi connectivity index (χ0v) is 14.0. The summed E-state index contributed by atoms with van der Waals surface area (Å²) in [7, 11) is 0. The van der Waals surface area contributed by atoms with Crippen LogP contribution in [0.5, 0.6) is 0 Å². The Bertz CT molecular complexity index is 524. The van der Waals surface area contributed by atoms with Crippen molar-refractivity contribution in [1.29, 1.82) is 0 Å². The summed E-state index contributed by atoms with van der Waals surface area (Å²) in [6, 6.07) is 6.24. The van der Waals surface area contributed by atoms with Crippen molar-refractivity contribution >= 4 is 17.6 Å². The summed E-state index contributed by atoms with van der Waals surface area (Å²) in [5, 5.41) is 0. The van der Waals surface area contributed by atoms with E-state index < -0.39 is 17.1 Å². The number of rotatable bonds is 5. The largest absolute Gasteiger partial charge is 0.591 e. The highest BCUT2D eigenvalue weighted by molar-refractivity contribution is 7.91. The number of halogens is 1. The molecule has 1 aromatic carbocycles. The molecule has 0 radical (unpaired) electrons. The molecule has 1 aliphatic rings. The second-order valence-corrected chi connectivity index (χ2v) is 8.08. The van der Waals surface area contributed by atoms with Crippen molar-refractivity contribution in [2.24, 2.45) is 4.40 Å². The van der Waals surface area contributed by atoms with Gasteiger partial charge in [-0.15, -0.1) is 0 Å². The Morgan fingerprint density at radius 2 is 2.05 bits per heavy atom. The lowest BCUT2D eigenvalue weighted by molar-refractivity contribution is -0.169. The van der Waals surface area contributed by atoms with E-state index in [1.807, 2.05) is 20.8 Å². The maximum absolute atomic E-state index is 13.4. The van der Waals surface area contributed by atoms with Gasteiger partial charge in [0.2, 0.25) is 0 Å². The molecule has 4 nitrogen and oxygen atoms in total. The summed E-state index contributed by atoms with van der Waals surface area (Å²) < 4.78 is 40.4. The van der Waals surface area contributed by atoms with Crippen LogP contribution in [0.3, 0.4) is 0 Å². The van der Waals surface area contributed by atoms with Gasteiger partial charge in [0, 0.05) is 12.0 Å². The van der Waals surface area contributed by atoms with Gasteiger partial charge in [-0.05, 0) is 39.3 Å². The van der Waals surface area contributed by atoms with E-state index in [9.17, 15) is 8.94 Å². The molecule has 122 valence electrons. The maximum Gasteiger partial charge on any atom is 0.195 e. The smallest absolute Gasteiger partial charge is 0.195 e. The Morgan fingerprint density at radius 3 is 2.64 bits per heavy atom. The molecular formula is C16H22FNO3S. The van der Waals surface area contributed by atoms with Crippen molar-refractivity contribution in [3.63, 3.8) is 0 Å². The number of ether oxygens (including phenoxy) is 2. The van der Waals surface area contributed by atoms with Gasteiger partial charge in [0.05, 0.1) is 19.4 Å². The lowest BCUT2D eigenvalue weighted by atomic mass is 10.0. The highest BCUT2D eigenvalue weighted by atomic mass is 32.2. The van der Waals surface area contributed by atoms with E-state index >= 15 is 0 Å². The monoisotopic (exact) mass is 327 g/mol. The third-order valence-electron chi connectivity index (χ3n) is 3.31. The van der Waals surface area contributed by atoms with Crippen LogP contribution < -0.4 is 0 Å². The molecule has 22 heavy (non-hydrogen) atoms. The van der Waals surface area contributed by atoms with E-state index in [0.717, 1.165) is 0 Å². The lowest BCUT2D eigenvalue weighted by Gasteiger charge is -2.27. The Labute approximate surface area is 134 Å². The topological polar surface area (TPSA) is 53.9 Å². The fourth-order valence-corrected chi connectivity index (χ4v) is 2.73. The molecule has 2 rings (SSSR count). The summed E-state index contributed by atoms with van der Waals surface area (Å²) in [5.41, 5.74) is 0.662. The Balaban J connectivity index is 2.03. The first-order valence-electron chi connectivity index (χ1n) is 7.32. The van der Waals surface area contributed by atoms with E-state index in [4.69, 9.17) is 9.47 Å². The predicted octanol–water partition coefficient (Wildman–Crippen LogP) is 3.34. The van der Waals surface area contributed by atoms with Crippen molar-refractivity contribution in [3.05, 3.63) is 35.6 Å². The molecule has 1 atom stereocenters. The van der Waals surface area contributed by atoms with Crippen LogP contribution in [0.25, 0.3) is 0 Å². The minimum absolute atomic E-state index is 0.321. The first-order chi connectivity index (χ1) is 10.3. The van der Waals surface area contributed by atoms with E-state index in [1.54, 1.807) is 18.3 Å². The lowest BCUT2D eigenvalue weighted by Crippen LogP contribution is -2.28. The number of hydrogen-bond donors (Lipinski definition) is 0. The van der Waals surface area contributed by atoms with E-state index in [2.05, 4.69) is 4.40 Å². The molecule has 1 aliphatic heterocycles. The third kappa shape index (κ3) is 4.29. The van der Waals surface area contributed by atoms with Gasteiger partial charge < -0.3 is 14.0 Å². The summed E-state index contributed by atoms with van der Waals surface area (Å²) in [5.74, 6) is -1.25. The first-order valence-corrected chi connectivity index (χ1v) is 8.43. The van der Waals surface area contributed by atoms with Gasteiger partial charge >= 0.3 is 0 Å². The molecule has 1 heterocycles. The van der Waals surface area contributed by atoms with Crippen molar-refractivity contribution in [1.82, 2.24) is 0 Å². The van der Waals surface area contributed by atoms with Crippen LogP contribution in [0.1, 0.15) is 39.2 Å². The second-order valence-electron chi connectivity index (χ2n) is 6.15. The summed E-state index contributed by atoms with van der Waals surface area (Å²) >= 11 is -1.27. The van der Waals surface area contributed by atoms with Crippen molar-refractivity contribution in [2.75, 3.05) is 13.2 Å². The van der Waals surface area contributed by atoms with Gasteiger partial charge in [-0.2, -0.15) is 0 Å². The number of hydrogen-bond acceptors (Lipinski definition) is 4. The van der Waals surface area contributed by atoms with Crippen LogP contribution in [0, 0.1) is 5.82 Å². The average Bonchev–Trinajstić information content (AvgIpc) is 2.92. The van der Waals surface area contributed by atoms with Crippen LogP contribution in [0.15, 0.2) is 28.7 Å². The van der Waals surface area contributed by atoms with Crippen LogP contribution in [0.2, 0.25) is 0 Å². The number of nitrogens with zero attached hydrogens (tertiary/aromatic N) is 1. The molecule has 0 unspecified atom stereocenters. The van der Waals surface area contributed by atoms with E-state index in [1.165, 1.54) is 12.1 Å². The molecule has 1 aromatic rings. The summed E-state index contributed by atoms with van der Waals surface area (Å²) in [4.78, 5) is 0. The molecule has 0 aromatic heterocycles. The highest BCUT2D eigenvalue weighted by Gasteiger charge is 2.38. The second kappa shape index (κ2) is 7.08. The van der Waals surface area contributed by atoms with Crippen LogP contribution in [0.4, 0.5) is 4.39 Å². The fourth-order valence-electron chi connectivity index (χ4n) is 2.17. The van der Waals surface area contributed by atoms with E-state index in [0.29, 0.717) is 31.6 Å². The zero-order valence-electron chi connectivity index (χ0n) is 13.2. The summed E-state index contributed by atoms with van der Waals surface area (Å²) in [6.07, 6.45) is 2.67. The molecule has 0 N–H and O–H groups in total. The minimum atomic E-state index is -1.27. The van der Waals surface area contributed by atoms with Crippen molar-refractivity contribution in [2.45, 2.75) is 44.1 Å². The van der Waals surface area contributed by atoms with Gasteiger partial charge in [0.25, 0.3) is 0 Å². The SMILES string of the molecule is CC(C)(C)[S@+]([O-])N=CCCC1(c2cccc(F)c2)OCCO1. The molecule has 0 bridgehead atoms. The maximum atomic E-state index is 13.4. The summed E-state index contributed by atoms with van der Waals surface area (Å²) in [6.45, 7) is 6.57. The standard InChI is InChI=1S/C16H22FNO3S/c1-15(2,3)22(19)18-9-5-8-16(20-10-11-21-16)13-6-4-7-14(17)12-13/h4,6-7,9,12H,5,8,10-11H2,1-3H3/t22-/m0/s1. The molecular weight excluding hydrogens is 305 g/mol. The molecule has 0 amide bonds. The first kappa shape index (κ1) is 17.4. The van der Waals surface area contributed by atoms with Gasteiger partial charge in [0.1, 0.15) is 21.9 Å². The Morgan fingerprint density at radius 1 is 1.36 bits per heavy atom. The highest BCUT2D eigenvalue weighted by Crippen LogP contribution is 2.36. The van der Waals surface area contributed by atoms with Gasteiger partial charge in [-0.25, -0.2) is 4.39 Å². The number of benzene rings is 1. The third-order valence-corrected chi connectivity index (χ3v) is 4.70. The average molecular weight is 327 g/mol. The van der Waals surface area contributed by atoms with Crippen LogP contribution >= 0.6 is 0 Å². The molecule has 1 saturated heterocycles. The Hall–Kier alpha value is -0.950. The molecule has 6 heteroatoms. The minimum Gasteiger partial charge on any atom is -0.591 e. The van der Waals surface area contributed by atoms with Gasteiger partial charge in [0.15, 0.2) is 5.79 Å². The van der Waals surface area contributed by atoms with E-state index in [-0.39, 0.29) is 10.6 Å². The van der Waals surface area contributed by atoms with Gasteiger partial charge in [-0.1, -0.05) is 16.5 Å². The quantitative estimate of drug-likeness (QED) is 0.616. The van der Waals surface area contributed by atoms with Crippen molar-refractivity contribution in [3.8, 4) is 0 Å². The Kier molecular flexibility index (Phi) is 5.60. The molecule has 0 saturated carbocycles. The zero-order chi connectivity index (χ0) is 16.2. The fraction of sp³-hybridized carbons (Fsp3) is 0.562. The molecule has 0 aliphatic carbocycles. The predicted molar refractivity (Wildman–Crippen MR) is 85.6 cm³/mol. The van der Waals surface area contributed by atoms with Crippen molar-refractivity contribution < 1.29 is 18.4 Å². The molecule has 0 spiro atoms. The normalized spacial score (nSPS) is 19.7.